The van der Waals surface area contributed by atoms with Crippen molar-refractivity contribution in [3.63, 3.8) is 0 Å². The molecule has 0 amide bonds. The number of ether oxygens (including phenoxy) is 1. The molecule has 0 radical (unpaired) electrons. The molecular weight excluding hydrogens is 226 g/mol. The van der Waals surface area contributed by atoms with Crippen LogP contribution in [0.4, 0.5) is 0 Å². The van der Waals surface area contributed by atoms with Crippen LogP contribution in [-0.2, 0) is 18.2 Å². The lowest BCUT2D eigenvalue weighted by Crippen LogP contribution is -2.32. The zero-order chi connectivity index (χ0) is 13.4. The fourth-order valence-electron chi connectivity index (χ4n) is 2.40. The molecule has 1 N–H and O–H groups in total. The summed E-state index contributed by atoms with van der Waals surface area (Å²) in [6.07, 6.45) is 5.26. The predicted octanol–water partition coefficient (Wildman–Crippen LogP) is 2.00. The molecular formula is C14H27N3O. The van der Waals surface area contributed by atoms with Gasteiger partial charge < -0.3 is 10.1 Å². The Morgan fingerprint density at radius 3 is 2.83 bits per heavy atom. The largest absolute Gasteiger partial charge is 0.384 e. The summed E-state index contributed by atoms with van der Waals surface area (Å²) < 4.78 is 7.17. The topological polar surface area (TPSA) is 39.1 Å². The monoisotopic (exact) mass is 253 g/mol. The first kappa shape index (κ1) is 15.2. The Balaban J connectivity index is 2.40. The second-order valence-corrected chi connectivity index (χ2v) is 5.04. The first-order valence-electron chi connectivity index (χ1n) is 6.86. The summed E-state index contributed by atoms with van der Waals surface area (Å²) in [4.78, 5) is 0. The van der Waals surface area contributed by atoms with Gasteiger partial charge >= 0.3 is 0 Å². The highest BCUT2D eigenvalue weighted by Crippen LogP contribution is 2.12. The van der Waals surface area contributed by atoms with Crippen LogP contribution < -0.4 is 5.32 Å². The van der Waals surface area contributed by atoms with Crippen molar-refractivity contribution < 1.29 is 4.74 Å². The standard InChI is InChI=1S/C14H27N3O/c1-5-15-13(10-12(2)11-18-4)6-7-14-8-9-16-17(14)3/h8-9,12-13,15H,5-7,10-11H2,1-4H3. The zero-order valence-corrected chi connectivity index (χ0v) is 12.1. The average Bonchev–Trinajstić information content (AvgIpc) is 2.72. The molecule has 0 aromatic carbocycles. The van der Waals surface area contributed by atoms with Crippen molar-refractivity contribution in [3.05, 3.63) is 18.0 Å². The fourth-order valence-corrected chi connectivity index (χ4v) is 2.40. The molecule has 1 aromatic heterocycles. The van der Waals surface area contributed by atoms with Crippen molar-refractivity contribution >= 4 is 0 Å². The maximum absolute atomic E-state index is 5.21. The van der Waals surface area contributed by atoms with Gasteiger partial charge in [0.2, 0.25) is 0 Å². The fraction of sp³-hybridized carbons (Fsp3) is 0.786. The molecule has 4 heteroatoms. The summed E-state index contributed by atoms with van der Waals surface area (Å²) in [7, 11) is 3.78. The third-order valence-electron chi connectivity index (χ3n) is 3.30. The Bertz CT molecular complexity index is 325. The lowest BCUT2D eigenvalue weighted by molar-refractivity contribution is 0.148. The van der Waals surface area contributed by atoms with Crippen LogP contribution >= 0.6 is 0 Å². The van der Waals surface area contributed by atoms with Crippen molar-refractivity contribution in [2.24, 2.45) is 13.0 Å². The summed E-state index contributed by atoms with van der Waals surface area (Å²) in [6.45, 7) is 6.28. The van der Waals surface area contributed by atoms with E-state index in [1.54, 1.807) is 7.11 Å². The maximum atomic E-state index is 5.21. The highest BCUT2D eigenvalue weighted by Gasteiger charge is 2.13. The number of nitrogens with one attached hydrogen (secondary N) is 1. The molecule has 0 saturated carbocycles. The number of methoxy groups -OCH3 is 1. The molecule has 0 aliphatic carbocycles. The molecule has 1 rings (SSSR count). The van der Waals surface area contributed by atoms with Crippen LogP contribution in [0.5, 0.6) is 0 Å². The second kappa shape index (κ2) is 8.27. The molecule has 2 atom stereocenters. The molecule has 2 unspecified atom stereocenters. The van der Waals surface area contributed by atoms with E-state index in [1.807, 2.05) is 17.9 Å². The SMILES string of the molecule is CCNC(CCc1ccnn1C)CC(C)COC. The van der Waals surface area contributed by atoms with Gasteiger partial charge in [0.05, 0.1) is 0 Å². The third kappa shape index (κ3) is 5.19. The summed E-state index contributed by atoms with van der Waals surface area (Å²) in [5.41, 5.74) is 1.30. The summed E-state index contributed by atoms with van der Waals surface area (Å²) >= 11 is 0. The average molecular weight is 253 g/mol. The molecule has 1 aromatic rings. The first-order chi connectivity index (χ1) is 8.67. The molecule has 0 fully saturated rings. The van der Waals surface area contributed by atoms with Gasteiger partial charge in [-0.25, -0.2) is 0 Å². The normalized spacial score (nSPS) is 14.7. The van der Waals surface area contributed by atoms with E-state index in [0.29, 0.717) is 12.0 Å². The molecule has 104 valence electrons. The van der Waals surface area contributed by atoms with E-state index in [4.69, 9.17) is 4.74 Å². The highest BCUT2D eigenvalue weighted by molar-refractivity contribution is 5.00. The van der Waals surface area contributed by atoms with Crippen LogP contribution in [0.25, 0.3) is 0 Å². The predicted molar refractivity (Wildman–Crippen MR) is 74.7 cm³/mol. The number of rotatable bonds is 9. The van der Waals surface area contributed by atoms with E-state index in [-0.39, 0.29) is 0 Å². The van der Waals surface area contributed by atoms with Crippen LogP contribution in [0, 0.1) is 5.92 Å². The van der Waals surface area contributed by atoms with Crippen molar-refractivity contribution in [2.75, 3.05) is 20.3 Å². The lowest BCUT2D eigenvalue weighted by atomic mass is 9.98. The van der Waals surface area contributed by atoms with Gasteiger partial charge in [0.1, 0.15) is 0 Å². The van der Waals surface area contributed by atoms with Gasteiger partial charge in [-0.15, -0.1) is 0 Å². The number of hydrogen-bond donors (Lipinski definition) is 1. The van der Waals surface area contributed by atoms with Gasteiger partial charge in [-0.3, -0.25) is 4.68 Å². The van der Waals surface area contributed by atoms with Crippen molar-refractivity contribution in [3.8, 4) is 0 Å². The summed E-state index contributed by atoms with van der Waals surface area (Å²) in [5.74, 6) is 0.602. The van der Waals surface area contributed by atoms with Gasteiger partial charge in [0, 0.05) is 38.7 Å². The number of nitrogens with zero attached hydrogens (tertiary/aromatic N) is 2. The van der Waals surface area contributed by atoms with Gasteiger partial charge in [0.15, 0.2) is 0 Å². The molecule has 0 aliphatic heterocycles. The first-order valence-corrected chi connectivity index (χ1v) is 6.86. The number of hydrogen-bond acceptors (Lipinski definition) is 3. The van der Waals surface area contributed by atoms with Gasteiger partial charge in [-0.05, 0) is 37.8 Å². The molecule has 1 heterocycles. The smallest absolute Gasteiger partial charge is 0.0492 e. The Hall–Kier alpha value is -0.870. The molecule has 18 heavy (non-hydrogen) atoms. The Morgan fingerprint density at radius 2 is 2.28 bits per heavy atom. The van der Waals surface area contributed by atoms with Crippen molar-refractivity contribution in [1.82, 2.24) is 15.1 Å². The molecule has 0 aliphatic rings. The van der Waals surface area contributed by atoms with Gasteiger partial charge in [-0.1, -0.05) is 13.8 Å². The molecule has 0 saturated heterocycles. The Labute approximate surface area is 111 Å². The van der Waals surface area contributed by atoms with E-state index < -0.39 is 0 Å². The van der Waals surface area contributed by atoms with E-state index in [0.717, 1.165) is 26.0 Å². The third-order valence-corrected chi connectivity index (χ3v) is 3.30. The number of aromatic nitrogens is 2. The van der Waals surface area contributed by atoms with E-state index in [9.17, 15) is 0 Å². The van der Waals surface area contributed by atoms with Crippen LogP contribution in [-0.4, -0.2) is 36.1 Å². The van der Waals surface area contributed by atoms with E-state index >= 15 is 0 Å². The van der Waals surface area contributed by atoms with Crippen LogP contribution in [0.3, 0.4) is 0 Å². The van der Waals surface area contributed by atoms with Crippen molar-refractivity contribution in [1.29, 1.82) is 0 Å². The van der Waals surface area contributed by atoms with Crippen LogP contribution in [0.2, 0.25) is 0 Å². The quantitative estimate of drug-likeness (QED) is 0.731. The Kier molecular flexibility index (Phi) is 6.98. The number of aryl methyl sites for hydroxylation is 2. The summed E-state index contributed by atoms with van der Waals surface area (Å²) in [5, 5.41) is 7.78. The minimum Gasteiger partial charge on any atom is -0.384 e. The van der Waals surface area contributed by atoms with Crippen LogP contribution in [0.15, 0.2) is 12.3 Å². The lowest BCUT2D eigenvalue weighted by Gasteiger charge is -2.21. The van der Waals surface area contributed by atoms with Gasteiger partial charge in [-0.2, -0.15) is 5.10 Å². The van der Waals surface area contributed by atoms with Crippen molar-refractivity contribution in [2.45, 2.75) is 39.2 Å². The molecule has 0 spiro atoms. The minimum absolute atomic E-state index is 0.565. The highest BCUT2D eigenvalue weighted by atomic mass is 16.5. The van der Waals surface area contributed by atoms with Crippen LogP contribution in [0.1, 0.15) is 32.4 Å². The van der Waals surface area contributed by atoms with E-state index in [1.165, 1.54) is 12.1 Å². The minimum atomic E-state index is 0.565. The molecule has 0 bridgehead atoms. The van der Waals surface area contributed by atoms with Gasteiger partial charge in [0.25, 0.3) is 0 Å². The van der Waals surface area contributed by atoms with E-state index in [2.05, 4.69) is 30.3 Å². The second-order valence-electron chi connectivity index (χ2n) is 5.04. The Morgan fingerprint density at radius 1 is 1.50 bits per heavy atom. The maximum Gasteiger partial charge on any atom is 0.0492 e. The zero-order valence-electron chi connectivity index (χ0n) is 12.1. The summed E-state index contributed by atoms with van der Waals surface area (Å²) in [6, 6.07) is 2.66. The molecule has 4 nitrogen and oxygen atoms in total.